The number of aromatic nitrogens is 2. The van der Waals surface area contributed by atoms with Crippen molar-refractivity contribution in [3.63, 3.8) is 0 Å². The second-order valence-electron chi connectivity index (χ2n) is 7.09. The molecule has 0 aliphatic heterocycles. The van der Waals surface area contributed by atoms with Crippen LogP contribution in [0.3, 0.4) is 0 Å². The molecule has 1 heterocycles. The van der Waals surface area contributed by atoms with E-state index >= 15 is 0 Å². The number of nitrogens with zero attached hydrogens (tertiary/aromatic N) is 3. The maximum absolute atomic E-state index is 12.4. The van der Waals surface area contributed by atoms with Gasteiger partial charge >= 0.3 is 0 Å². The molecule has 1 aliphatic carbocycles. The van der Waals surface area contributed by atoms with Gasteiger partial charge in [0.05, 0.1) is 12.2 Å². The van der Waals surface area contributed by atoms with Crippen LogP contribution in [-0.4, -0.2) is 41.4 Å². The number of hydrogen-bond donors (Lipinski definition) is 2. The summed E-state index contributed by atoms with van der Waals surface area (Å²) in [6, 6.07) is 12.5. The van der Waals surface area contributed by atoms with Gasteiger partial charge in [0.25, 0.3) is 12.3 Å². The van der Waals surface area contributed by atoms with E-state index in [-0.39, 0.29) is 42.3 Å². The highest BCUT2D eigenvalue weighted by atomic mass is 35.5. The van der Waals surface area contributed by atoms with Crippen LogP contribution in [0, 0.1) is 11.3 Å². The standard InChI is InChI=1S/C22H20F2N4O3.ClH/c23-20(24)12-30-19-7-4-13(10-14(19)11-25)22-27-21(28-31-22)17-3-1-2-16-15(17)5-6-18(16)26-8-9-29;/h1-4,7,10,18,20,26,29H,5-6,8-9,12H2;1H/t18-;/m0./s1. The fourth-order valence-corrected chi connectivity index (χ4v) is 3.79. The lowest BCUT2D eigenvalue weighted by Gasteiger charge is -2.13. The molecule has 7 nitrogen and oxygen atoms in total. The molecule has 3 aromatic rings. The van der Waals surface area contributed by atoms with E-state index in [1.165, 1.54) is 12.1 Å². The topological polar surface area (TPSA) is 104 Å². The van der Waals surface area contributed by atoms with Gasteiger partial charge in [0, 0.05) is 23.7 Å². The molecule has 1 atom stereocenters. The van der Waals surface area contributed by atoms with E-state index in [0.29, 0.717) is 17.9 Å². The summed E-state index contributed by atoms with van der Waals surface area (Å²) in [7, 11) is 0. The molecule has 10 heteroatoms. The van der Waals surface area contributed by atoms with E-state index in [1.807, 2.05) is 18.2 Å². The van der Waals surface area contributed by atoms with Crippen molar-refractivity contribution < 1.29 is 23.1 Å². The number of nitrogens with one attached hydrogen (secondary N) is 1. The molecule has 32 heavy (non-hydrogen) atoms. The molecule has 168 valence electrons. The van der Waals surface area contributed by atoms with Crippen molar-refractivity contribution in [1.29, 1.82) is 5.26 Å². The number of halogens is 3. The molecule has 0 amide bonds. The minimum absolute atomic E-state index is 0. The van der Waals surface area contributed by atoms with Gasteiger partial charge in [-0.05, 0) is 42.2 Å². The molecule has 0 saturated carbocycles. The number of alkyl halides is 2. The molecule has 0 bridgehead atoms. The Labute approximate surface area is 189 Å². The van der Waals surface area contributed by atoms with E-state index in [4.69, 9.17) is 14.4 Å². The van der Waals surface area contributed by atoms with Crippen LogP contribution >= 0.6 is 12.4 Å². The SMILES string of the molecule is Cl.N#Cc1cc(-c2nc(-c3cccc4c3CC[C@@H]4NCCO)no2)ccc1OCC(F)F. The summed E-state index contributed by atoms with van der Waals surface area (Å²) in [6.45, 7) is -0.179. The van der Waals surface area contributed by atoms with Gasteiger partial charge in [-0.1, -0.05) is 23.4 Å². The van der Waals surface area contributed by atoms with Gasteiger partial charge in [0.1, 0.15) is 18.4 Å². The third kappa shape index (κ3) is 4.88. The first kappa shape index (κ1) is 23.6. The Balaban J connectivity index is 0.00000289. The van der Waals surface area contributed by atoms with Crippen molar-refractivity contribution >= 4 is 12.4 Å². The number of benzene rings is 2. The van der Waals surface area contributed by atoms with Gasteiger partial charge in [-0.3, -0.25) is 0 Å². The number of aliphatic hydroxyl groups excluding tert-OH is 1. The highest BCUT2D eigenvalue weighted by Gasteiger charge is 2.26. The van der Waals surface area contributed by atoms with Gasteiger partial charge in [0.15, 0.2) is 0 Å². The summed E-state index contributed by atoms with van der Waals surface area (Å²) < 4.78 is 35.2. The summed E-state index contributed by atoms with van der Waals surface area (Å²) in [4.78, 5) is 4.49. The Kier molecular flexibility index (Phi) is 7.75. The fraction of sp³-hybridized carbons (Fsp3) is 0.318. The number of rotatable bonds is 8. The van der Waals surface area contributed by atoms with E-state index in [9.17, 15) is 14.0 Å². The molecule has 2 N–H and O–H groups in total. The first-order valence-electron chi connectivity index (χ1n) is 9.86. The summed E-state index contributed by atoms with van der Waals surface area (Å²) in [5, 5.41) is 25.8. The van der Waals surface area contributed by atoms with E-state index in [1.54, 1.807) is 6.07 Å². The van der Waals surface area contributed by atoms with Crippen molar-refractivity contribution in [3.05, 3.63) is 53.1 Å². The van der Waals surface area contributed by atoms with Crippen molar-refractivity contribution in [2.24, 2.45) is 0 Å². The van der Waals surface area contributed by atoms with Crippen LogP contribution in [0.25, 0.3) is 22.8 Å². The van der Waals surface area contributed by atoms with Crippen molar-refractivity contribution in [2.75, 3.05) is 19.8 Å². The number of fused-ring (bicyclic) bond motifs is 1. The minimum atomic E-state index is -2.63. The molecule has 1 aromatic heterocycles. The van der Waals surface area contributed by atoms with Crippen LogP contribution in [0.2, 0.25) is 0 Å². The van der Waals surface area contributed by atoms with Gasteiger partial charge in [-0.2, -0.15) is 10.2 Å². The second-order valence-corrected chi connectivity index (χ2v) is 7.09. The molecule has 2 aromatic carbocycles. The third-order valence-corrected chi connectivity index (χ3v) is 5.15. The van der Waals surface area contributed by atoms with E-state index in [0.717, 1.165) is 29.5 Å². The van der Waals surface area contributed by atoms with Crippen LogP contribution in [0.15, 0.2) is 40.9 Å². The summed E-state index contributed by atoms with van der Waals surface area (Å²) in [5.74, 6) is 0.734. The fourth-order valence-electron chi connectivity index (χ4n) is 3.79. The Hall–Kier alpha value is -3.06. The summed E-state index contributed by atoms with van der Waals surface area (Å²) >= 11 is 0. The highest BCUT2D eigenvalue weighted by Crippen LogP contribution is 2.37. The summed E-state index contributed by atoms with van der Waals surface area (Å²) in [6.07, 6.45) is -0.855. The van der Waals surface area contributed by atoms with Gasteiger partial charge in [-0.25, -0.2) is 8.78 Å². The van der Waals surface area contributed by atoms with Crippen LogP contribution < -0.4 is 10.1 Å². The maximum atomic E-state index is 12.4. The average molecular weight is 463 g/mol. The first-order chi connectivity index (χ1) is 15.1. The van der Waals surface area contributed by atoms with Crippen LogP contribution in [0.5, 0.6) is 5.75 Å². The lowest BCUT2D eigenvalue weighted by molar-refractivity contribution is 0.0818. The van der Waals surface area contributed by atoms with Crippen LogP contribution in [0.4, 0.5) is 8.78 Å². The number of hydrogen-bond acceptors (Lipinski definition) is 7. The van der Waals surface area contributed by atoms with Crippen LogP contribution in [-0.2, 0) is 6.42 Å². The van der Waals surface area contributed by atoms with Gasteiger partial charge in [-0.15, -0.1) is 12.4 Å². The molecular formula is C22H21ClF2N4O3. The van der Waals surface area contributed by atoms with Crippen molar-refractivity contribution in [2.45, 2.75) is 25.3 Å². The van der Waals surface area contributed by atoms with E-state index in [2.05, 4.69) is 21.5 Å². The molecule has 0 fully saturated rings. The number of nitriles is 1. The molecule has 0 radical (unpaired) electrons. The largest absolute Gasteiger partial charge is 0.486 e. The Bertz CT molecular complexity index is 1120. The zero-order valence-corrected chi connectivity index (χ0v) is 17.7. The molecule has 4 rings (SSSR count). The van der Waals surface area contributed by atoms with Gasteiger partial charge < -0.3 is 19.7 Å². The Morgan fingerprint density at radius 3 is 2.91 bits per heavy atom. The number of aliphatic hydroxyl groups is 1. The smallest absolute Gasteiger partial charge is 0.272 e. The third-order valence-electron chi connectivity index (χ3n) is 5.15. The van der Waals surface area contributed by atoms with Crippen molar-refractivity contribution in [1.82, 2.24) is 15.5 Å². The highest BCUT2D eigenvalue weighted by molar-refractivity contribution is 5.85. The molecule has 0 unspecified atom stereocenters. The van der Waals surface area contributed by atoms with Crippen molar-refractivity contribution in [3.8, 4) is 34.7 Å². The van der Waals surface area contributed by atoms with Gasteiger partial charge in [0.2, 0.25) is 5.82 Å². The summed E-state index contributed by atoms with van der Waals surface area (Å²) in [5.41, 5.74) is 3.77. The zero-order valence-electron chi connectivity index (χ0n) is 16.9. The molecular weight excluding hydrogens is 442 g/mol. The minimum Gasteiger partial charge on any atom is -0.486 e. The Morgan fingerprint density at radius 1 is 1.31 bits per heavy atom. The first-order valence-corrected chi connectivity index (χ1v) is 9.86. The molecule has 1 aliphatic rings. The lowest BCUT2D eigenvalue weighted by Crippen LogP contribution is -2.22. The quantitative estimate of drug-likeness (QED) is 0.523. The molecule has 0 spiro atoms. The zero-order chi connectivity index (χ0) is 21.8. The lowest BCUT2D eigenvalue weighted by atomic mass is 10.0. The van der Waals surface area contributed by atoms with E-state index < -0.39 is 13.0 Å². The maximum Gasteiger partial charge on any atom is 0.272 e. The average Bonchev–Trinajstić information content (AvgIpc) is 3.43. The second kappa shape index (κ2) is 10.5. The predicted octanol–water partition coefficient (Wildman–Crippen LogP) is 3.91. The Morgan fingerprint density at radius 2 is 2.16 bits per heavy atom. The normalized spacial score (nSPS) is 14.7. The number of ether oxygens (including phenoxy) is 1. The van der Waals surface area contributed by atoms with Crippen LogP contribution in [0.1, 0.15) is 29.2 Å². The monoisotopic (exact) mass is 462 g/mol. The molecule has 0 saturated heterocycles. The predicted molar refractivity (Wildman–Crippen MR) is 115 cm³/mol.